The quantitative estimate of drug-likeness (QED) is 0.632. The molecule has 1 unspecified atom stereocenters. The Kier molecular flexibility index (Phi) is 4.52. The second-order valence-electron chi connectivity index (χ2n) is 13.9. The van der Waals surface area contributed by atoms with Crippen molar-refractivity contribution in [1.29, 1.82) is 0 Å². The SMILES string of the molecule is C[C@]12CC[C@H]3[C@@H](CCC4NC(=O)C=C[C@@]43C)[C@@H]1CC[C@@H]2C(=O)NC1C2CC3CC(C2)CC1C3. The molecule has 8 aliphatic rings. The van der Waals surface area contributed by atoms with Crippen LogP contribution < -0.4 is 10.6 Å². The summed E-state index contributed by atoms with van der Waals surface area (Å²) in [7, 11) is 0. The molecule has 7 atom stereocenters. The van der Waals surface area contributed by atoms with Crippen molar-refractivity contribution in [2.75, 3.05) is 0 Å². The van der Waals surface area contributed by atoms with Crippen molar-refractivity contribution in [2.45, 2.75) is 96.6 Å². The van der Waals surface area contributed by atoms with Gasteiger partial charge in [-0.05, 0) is 124 Å². The smallest absolute Gasteiger partial charge is 0.243 e. The Hall–Kier alpha value is -1.32. The number of fused-ring (bicyclic) bond motifs is 5. The highest BCUT2D eigenvalue weighted by Crippen LogP contribution is 2.65. The zero-order valence-corrected chi connectivity index (χ0v) is 20.5. The Balaban J connectivity index is 1.09. The van der Waals surface area contributed by atoms with Gasteiger partial charge >= 0.3 is 0 Å². The van der Waals surface area contributed by atoms with Crippen LogP contribution in [0.2, 0.25) is 0 Å². The Labute approximate surface area is 199 Å². The van der Waals surface area contributed by atoms with Crippen molar-refractivity contribution >= 4 is 11.8 Å². The monoisotopic (exact) mass is 450 g/mol. The number of hydrogen-bond donors (Lipinski definition) is 2. The highest BCUT2D eigenvalue weighted by Gasteiger charge is 2.61. The zero-order valence-electron chi connectivity index (χ0n) is 20.5. The standard InChI is InChI=1S/C29H42N2O2/c1-28-9-7-22-20(3-6-24-29(22,2)10-8-25(32)30-24)21(28)4-5-23(28)27(33)31-26-18-12-16-11-17(14-18)15-19(26)13-16/h8,10,16-24,26H,3-7,9,11-15H2,1-2H3,(H,30,32)(H,31,33)/t16?,17?,18?,19?,20-,21-,22-,23+,24?,26?,28-,29+/m0/s1. The zero-order chi connectivity index (χ0) is 22.5. The summed E-state index contributed by atoms with van der Waals surface area (Å²) in [4.78, 5) is 25.8. The van der Waals surface area contributed by atoms with Crippen LogP contribution in [0.3, 0.4) is 0 Å². The van der Waals surface area contributed by atoms with Gasteiger partial charge in [0, 0.05) is 23.4 Å². The third kappa shape index (κ3) is 2.94. The molecule has 4 nitrogen and oxygen atoms in total. The predicted octanol–water partition coefficient (Wildman–Crippen LogP) is 4.84. The first-order valence-corrected chi connectivity index (χ1v) is 14.2. The van der Waals surface area contributed by atoms with Gasteiger partial charge < -0.3 is 10.6 Å². The van der Waals surface area contributed by atoms with E-state index in [1.807, 2.05) is 0 Å². The number of carbonyl (C=O) groups excluding carboxylic acids is 2. The van der Waals surface area contributed by atoms with E-state index in [0.717, 1.165) is 36.5 Å². The lowest BCUT2D eigenvalue weighted by molar-refractivity contribution is -0.137. The van der Waals surface area contributed by atoms with Crippen LogP contribution in [0.25, 0.3) is 0 Å². The molecule has 4 bridgehead atoms. The molecule has 0 radical (unpaired) electrons. The van der Waals surface area contributed by atoms with E-state index in [0.29, 0.717) is 29.7 Å². The van der Waals surface area contributed by atoms with Crippen LogP contribution in [-0.4, -0.2) is 23.9 Å². The van der Waals surface area contributed by atoms with Crippen LogP contribution in [0.1, 0.15) is 84.5 Å². The topological polar surface area (TPSA) is 58.2 Å². The summed E-state index contributed by atoms with van der Waals surface area (Å²) in [6.45, 7) is 4.85. The number of hydrogen-bond acceptors (Lipinski definition) is 2. The molecule has 0 aromatic carbocycles. The minimum absolute atomic E-state index is 0.0822. The lowest BCUT2D eigenvalue weighted by Gasteiger charge is -2.59. The van der Waals surface area contributed by atoms with Gasteiger partial charge in [-0.3, -0.25) is 9.59 Å². The molecule has 2 amide bonds. The van der Waals surface area contributed by atoms with Gasteiger partial charge in [0.1, 0.15) is 0 Å². The van der Waals surface area contributed by atoms with Crippen LogP contribution in [0.5, 0.6) is 0 Å². The van der Waals surface area contributed by atoms with Gasteiger partial charge in [-0.15, -0.1) is 0 Å². The summed E-state index contributed by atoms with van der Waals surface area (Å²) in [5.74, 6) is 6.12. The maximum Gasteiger partial charge on any atom is 0.243 e. The second-order valence-corrected chi connectivity index (χ2v) is 13.9. The minimum atomic E-state index is 0.0822. The summed E-state index contributed by atoms with van der Waals surface area (Å²) in [6.07, 6.45) is 17.9. The number of carbonyl (C=O) groups is 2. The van der Waals surface area contributed by atoms with Crippen molar-refractivity contribution in [3.63, 3.8) is 0 Å². The Morgan fingerprint density at radius 1 is 0.939 bits per heavy atom. The van der Waals surface area contributed by atoms with E-state index >= 15 is 0 Å². The molecule has 4 heteroatoms. The molecule has 0 saturated heterocycles. The Morgan fingerprint density at radius 2 is 1.67 bits per heavy atom. The van der Waals surface area contributed by atoms with Gasteiger partial charge in [-0.2, -0.15) is 0 Å². The molecule has 7 saturated carbocycles. The molecule has 0 aromatic rings. The average Bonchev–Trinajstić information content (AvgIpc) is 3.13. The van der Waals surface area contributed by atoms with Crippen molar-refractivity contribution in [3.8, 4) is 0 Å². The first-order valence-electron chi connectivity index (χ1n) is 14.2. The normalized spacial score (nSPS) is 56.0. The van der Waals surface area contributed by atoms with Crippen molar-refractivity contribution in [2.24, 2.45) is 58.2 Å². The molecular weight excluding hydrogens is 408 g/mol. The maximum atomic E-state index is 13.8. The first-order chi connectivity index (χ1) is 15.8. The summed E-state index contributed by atoms with van der Waals surface area (Å²) < 4.78 is 0. The lowest BCUT2D eigenvalue weighted by Crippen LogP contribution is -2.60. The van der Waals surface area contributed by atoms with Gasteiger partial charge in [0.15, 0.2) is 0 Å². The Bertz CT molecular complexity index is 868. The van der Waals surface area contributed by atoms with E-state index in [9.17, 15) is 9.59 Å². The van der Waals surface area contributed by atoms with Crippen LogP contribution >= 0.6 is 0 Å². The highest BCUT2D eigenvalue weighted by atomic mass is 16.2. The minimum Gasteiger partial charge on any atom is -0.353 e. The van der Waals surface area contributed by atoms with Gasteiger partial charge in [-0.1, -0.05) is 19.9 Å². The van der Waals surface area contributed by atoms with E-state index in [1.54, 1.807) is 6.08 Å². The van der Waals surface area contributed by atoms with E-state index in [-0.39, 0.29) is 28.7 Å². The second kappa shape index (κ2) is 7.10. The Morgan fingerprint density at radius 3 is 2.39 bits per heavy atom. The number of amides is 2. The molecule has 180 valence electrons. The van der Waals surface area contributed by atoms with E-state index < -0.39 is 0 Å². The third-order valence-corrected chi connectivity index (χ3v) is 12.5. The third-order valence-electron chi connectivity index (χ3n) is 12.5. The maximum absolute atomic E-state index is 13.8. The lowest BCUT2D eigenvalue weighted by atomic mass is 9.48. The molecule has 8 rings (SSSR count). The molecule has 1 aliphatic heterocycles. The summed E-state index contributed by atoms with van der Waals surface area (Å²) in [5, 5.41) is 6.96. The fraction of sp³-hybridized carbons (Fsp3) is 0.862. The van der Waals surface area contributed by atoms with Crippen molar-refractivity contribution in [3.05, 3.63) is 12.2 Å². The summed E-state index contributed by atoms with van der Waals surface area (Å²) in [6, 6.07) is 0.757. The average molecular weight is 451 g/mol. The molecule has 2 N–H and O–H groups in total. The van der Waals surface area contributed by atoms with Crippen LogP contribution in [0.15, 0.2) is 12.2 Å². The van der Waals surface area contributed by atoms with E-state index in [2.05, 4.69) is 30.6 Å². The summed E-state index contributed by atoms with van der Waals surface area (Å²) >= 11 is 0. The number of rotatable bonds is 2. The molecule has 33 heavy (non-hydrogen) atoms. The predicted molar refractivity (Wildman–Crippen MR) is 128 cm³/mol. The molecular formula is C29H42N2O2. The molecule has 0 spiro atoms. The van der Waals surface area contributed by atoms with Gasteiger partial charge in [-0.25, -0.2) is 0 Å². The molecule has 7 aliphatic carbocycles. The number of nitrogens with one attached hydrogen (secondary N) is 2. The van der Waals surface area contributed by atoms with Crippen LogP contribution in [-0.2, 0) is 9.59 Å². The van der Waals surface area contributed by atoms with Crippen molar-refractivity contribution in [1.82, 2.24) is 10.6 Å². The molecule has 7 fully saturated rings. The largest absolute Gasteiger partial charge is 0.353 e. The van der Waals surface area contributed by atoms with Gasteiger partial charge in [0.25, 0.3) is 0 Å². The summed E-state index contributed by atoms with van der Waals surface area (Å²) in [5.41, 5.74) is 0.237. The van der Waals surface area contributed by atoms with E-state index in [4.69, 9.17) is 0 Å². The van der Waals surface area contributed by atoms with E-state index in [1.165, 1.54) is 57.8 Å². The van der Waals surface area contributed by atoms with Gasteiger partial charge in [0.05, 0.1) is 0 Å². The highest BCUT2D eigenvalue weighted by molar-refractivity contribution is 5.89. The first kappa shape index (κ1) is 21.0. The molecule has 1 heterocycles. The van der Waals surface area contributed by atoms with Crippen LogP contribution in [0, 0.1) is 58.2 Å². The molecule has 0 aromatic heterocycles. The van der Waals surface area contributed by atoms with Crippen LogP contribution in [0.4, 0.5) is 0 Å². The van der Waals surface area contributed by atoms with Gasteiger partial charge in [0.2, 0.25) is 11.8 Å². The van der Waals surface area contributed by atoms with Crippen molar-refractivity contribution < 1.29 is 9.59 Å². The fourth-order valence-electron chi connectivity index (χ4n) is 11.2. The fourth-order valence-corrected chi connectivity index (χ4v) is 11.2.